The molecule has 0 aliphatic rings. The van der Waals surface area contributed by atoms with Crippen molar-refractivity contribution in [1.82, 2.24) is 0 Å². The van der Waals surface area contributed by atoms with Crippen LogP contribution < -0.4 is 15.2 Å². The predicted molar refractivity (Wildman–Crippen MR) is 84.6 cm³/mol. The van der Waals surface area contributed by atoms with Crippen molar-refractivity contribution in [1.29, 1.82) is 0 Å². The Morgan fingerprint density at radius 3 is 2.50 bits per heavy atom. The first kappa shape index (κ1) is 16.8. The van der Waals surface area contributed by atoms with E-state index < -0.39 is 0 Å². The van der Waals surface area contributed by atoms with E-state index in [0.717, 1.165) is 43.8 Å². The van der Waals surface area contributed by atoms with Crippen molar-refractivity contribution >= 4 is 0 Å². The maximum absolute atomic E-state index is 6.07. The van der Waals surface area contributed by atoms with Gasteiger partial charge in [0.25, 0.3) is 0 Å². The first-order valence-electron chi connectivity index (χ1n) is 7.78. The fraction of sp³-hybridized carbons (Fsp3) is 0.647. The minimum Gasteiger partial charge on any atom is -0.493 e. The third-order valence-corrected chi connectivity index (χ3v) is 3.42. The fourth-order valence-corrected chi connectivity index (χ4v) is 1.85. The topological polar surface area (TPSA) is 44.5 Å². The summed E-state index contributed by atoms with van der Waals surface area (Å²) in [6, 6.07) is 6.27. The molecule has 0 aliphatic carbocycles. The van der Waals surface area contributed by atoms with Crippen molar-refractivity contribution in [3.8, 4) is 11.5 Å². The lowest BCUT2D eigenvalue weighted by molar-refractivity contribution is 0.213. The molecule has 0 heterocycles. The molecule has 0 bridgehead atoms. The van der Waals surface area contributed by atoms with Gasteiger partial charge in [-0.15, -0.1) is 0 Å². The Balaban J connectivity index is 2.90. The van der Waals surface area contributed by atoms with E-state index in [0.29, 0.717) is 0 Å². The van der Waals surface area contributed by atoms with Gasteiger partial charge in [0.2, 0.25) is 0 Å². The highest BCUT2D eigenvalue weighted by Gasteiger charge is 2.12. The molecule has 0 aliphatic heterocycles. The van der Waals surface area contributed by atoms with Gasteiger partial charge in [-0.2, -0.15) is 0 Å². The van der Waals surface area contributed by atoms with Gasteiger partial charge in [-0.25, -0.2) is 0 Å². The van der Waals surface area contributed by atoms with Crippen molar-refractivity contribution in [3.05, 3.63) is 23.8 Å². The molecule has 0 spiro atoms. The van der Waals surface area contributed by atoms with E-state index >= 15 is 0 Å². The molecule has 1 aromatic rings. The Hall–Kier alpha value is -1.22. The molecule has 20 heavy (non-hydrogen) atoms. The Morgan fingerprint density at radius 2 is 1.90 bits per heavy atom. The molecule has 0 radical (unpaired) electrons. The standard InChI is InChI=1S/C17H29NO2/c1-5-10-19-16-9-8-14(11-15(18)7-3)17(12-16)20-13(4)6-2/h8-9,12-13,15H,5-7,10-11,18H2,1-4H3. The lowest BCUT2D eigenvalue weighted by Gasteiger charge is -2.19. The van der Waals surface area contributed by atoms with Gasteiger partial charge < -0.3 is 15.2 Å². The van der Waals surface area contributed by atoms with Crippen LogP contribution in [0.15, 0.2) is 18.2 Å². The van der Waals surface area contributed by atoms with Crippen LogP contribution in [0.4, 0.5) is 0 Å². The molecule has 0 fully saturated rings. The van der Waals surface area contributed by atoms with E-state index in [-0.39, 0.29) is 12.1 Å². The molecule has 0 aromatic heterocycles. The van der Waals surface area contributed by atoms with Crippen LogP contribution in [0.3, 0.4) is 0 Å². The average molecular weight is 279 g/mol. The van der Waals surface area contributed by atoms with E-state index in [2.05, 4.69) is 33.8 Å². The van der Waals surface area contributed by atoms with Crippen LogP contribution in [0, 0.1) is 0 Å². The normalized spacial score (nSPS) is 13.8. The van der Waals surface area contributed by atoms with E-state index in [1.54, 1.807) is 0 Å². The van der Waals surface area contributed by atoms with Gasteiger partial charge in [-0.3, -0.25) is 0 Å². The molecule has 2 unspecified atom stereocenters. The lowest BCUT2D eigenvalue weighted by atomic mass is 10.0. The molecular formula is C17H29NO2. The van der Waals surface area contributed by atoms with Crippen LogP contribution in [0.5, 0.6) is 11.5 Å². The zero-order valence-corrected chi connectivity index (χ0v) is 13.3. The molecule has 114 valence electrons. The molecule has 0 amide bonds. The average Bonchev–Trinajstić information content (AvgIpc) is 2.46. The molecule has 2 atom stereocenters. The first-order valence-corrected chi connectivity index (χ1v) is 7.78. The highest BCUT2D eigenvalue weighted by atomic mass is 16.5. The van der Waals surface area contributed by atoms with Crippen molar-refractivity contribution in [2.45, 2.75) is 65.5 Å². The molecule has 2 N–H and O–H groups in total. The fourth-order valence-electron chi connectivity index (χ4n) is 1.85. The van der Waals surface area contributed by atoms with Crippen molar-refractivity contribution in [2.24, 2.45) is 5.73 Å². The molecule has 0 saturated carbocycles. The quantitative estimate of drug-likeness (QED) is 0.745. The highest BCUT2D eigenvalue weighted by Crippen LogP contribution is 2.27. The number of rotatable bonds is 9. The third-order valence-electron chi connectivity index (χ3n) is 3.42. The molecule has 1 aromatic carbocycles. The Bertz CT molecular complexity index is 393. The Kier molecular flexibility index (Phi) is 7.45. The SMILES string of the molecule is CCCOc1ccc(CC(N)CC)c(OC(C)CC)c1. The summed E-state index contributed by atoms with van der Waals surface area (Å²) in [6.45, 7) is 9.16. The van der Waals surface area contributed by atoms with Gasteiger partial charge in [0.05, 0.1) is 12.7 Å². The maximum atomic E-state index is 6.07. The summed E-state index contributed by atoms with van der Waals surface area (Å²) in [7, 11) is 0. The summed E-state index contributed by atoms with van der Waals surface area (Å²) in [5, 5.41) is 0. The summed E-state index contributed by atoms with van der Waals surface area (Å²) in [5.41, 5.74) is 7.24. The van der Waals surface area contributed by atoms with Gasteiger partial charge in [-0.05, 0) is 44.2 Å². The van der Waals surface area contributed by atoms with Gasteiger partial charge >= 0.3 is 0 Å². The van der Waals surface area contributed by atoms with Crippen LogP contribution in [-0.4, -0.2) is 18.8 Å². The maximum Gasteiger partial charge on any atom is 0.126 e. The second-order valence-corrected chi connectivity index (χ2v) is 5.33. The summed E-state index contributed by atoms with van der Waals surface area (Å²) in [4.78, 5) is 0. The number of hydrogen-bond donors (Lipinski definition) is 1. The monoisotopic (exact) mass is 279 g/mol. The van der Waals surface area contributed by atoms with Crippen LogP contribution in [0.2, 0.25) is 0 Å². The third kappa shape index (κ3) is 5.41. The highest BCUT2D eigenvalue weighted by molar-refractivity contribution is 5.41. The van der Waals surface area contributed by atoms with E-state index in [4.69, 9.17) is 15.2 Å². The minimum absolute atomic E-state index is 0.177. The van der Waals surface area contributed by atoms with E-state index in [1.807, 2.05) is 12.1 Å². The molecule has 0 saturated heterocycles. The smallest absolute Gasteiger partial charge is 0.126 e. The summed E-state index contributed by atoms with van der Waals surface area (Å²) < 4.78 is 11.7. The van der Waals surface area contributed by atoms with Crippen LogP contribution in [0.25, 0.3) is 0 Å². The van der Waals surface area contributed by atoms with Crippen LogP contribution in [0.1, 0.15) is 52.5 Å². The Morgan fingerprint density at radius 1 is 1.15 bits per heavy atom. The minimum atomic E-state index is 0.177. The van der Waals surface area contributed by atoms with Crippen molar-refractivity contribution < 1.29 is 9.47 Å². The molecule has 3 heteroatoms. The Labute approximate surface area is 123 Å². The van der Waals surface area contributed by atoms with E-state index in [9.17, 15) is 0 Å². The lowest BCUT2D eigenvalue weighted by Crippen LogP contribution is -2.22. The van der Waals surface area contributed by atoms with Crippen LogP contribution in [-0.2, 0) is 6.42 Å². The molecular weight excluding hydrogens is 250 g/mol. The van der Waals surface area contributed by atoms with Gasteiger partial charge in [0.15, 0.2) is 0 Å². The number of nitrogens with two attached hydrogens (primary N) is 1. The largest absolute Gasteiger partial charge is 0.493 e. The predicted octanol–water partition coefficient (Wildman–Crippen LogP) is 3.93. The second-order valence-electron chi connectivity index (χ2n) is 5.33. The van der Waals surface area contributed by atoms with Crippen LogP contribution >= 0.6 is 0 Å². The zero-order chi connectivity index (χ0) is 15.0. The van der Waals surface area contributed by atoms with Gasteiger partial charge in [0, 0.05) is 12.1 Å². The van der Waals surface area contributed by atoms with Crippen molar-refractivity contribution in [3.63, 3.8) is 0 Å². The number of hydrogen-bond acceptors (Lipinski definition) is 3. The molecule has 1 rings (SSSR count). The summed E-state index contributed by atoms with van der Waals surface area (Å²) >= 11 is 0. The molecule has 3 nitrogen and oxygen atoms in total. The second kappa shape index (κ2) is 8.85. The number of ether oxygens (including phenoxy) is 2. The van der Waals surface area contributed by atoms with E-state index in [1.165, 1.54) is 5.56 Å². The van der Waals surface area contributed by atoms with Gasteiger partial charge in [0.1, 0.15) is 11.5 Å². The van der Waals surface area contributed by atoms with Crippen molar-refractivity contribution in [2.75, 3.05) is 6.61 Å². The summed E-state index contributed by atoms with van der Waals surface area (Å²) in [6.07, 6.45) is 4.00. The number of benzene rings is 1. The summed E-state index contributed by atoms with van der Waals surface area (Å²) in [5.74, 6) is 1.79. The van der Waals surface area contributed by atoms with Gasteiger partial charge in [-0.1, -0.05) is 26.8 Å². The zero-order valence-electron chi connectivity index (χ0n) is 13.3. The first-order chi connectivity index (χ1) is 9.60.